The highest BCUT2D eigenvalue weighted by atomic mass is 16.5. The van der Waals surface area contributed by atoms with Crippen LogP contribution in [-0.2, 0) is 0 Å². The van der Waals surface area contributed by atoms with Crippen LogP contribution >= 0.6 is 0 Å². The Bertz CT molecular complexity index is 710. The highest BCUT2D eigenvalue weighted by molar-refractivity contribution is 5.89. The molecule has 19 heavy (non-hydrogen) atoms. The average molecular weight is 249 g/mol. The second-order valence-electron chi connectivity index (χ2n) is 4.39. The summed E-state index contributed by atoms with van der Waals surface area (Å²) in [7, 11) is 1.70. The minimum absolute atomic E-state index is 0.896. The third kappa shape index (κ3) is 2.38. The zero-order valence-corrected chi connectivity index (χ0v) is 10.8. The van der Waals surface area contributed by atoms with Crippen molar-refractivity contribution in [1.29, 1.82) is 0 Å². The van der Waals surface area contributed by atoms with Gasteiger partial charge in [-0.05, 0) is 29.8 Å². The van der Waals surface area contributed by atoms with E-state index >= 15 is 0 Å². The standard InChI is InChI=1S/C17H15NO/c1-19-17-9-5-8-16-15(17)12-14(18-16)11-10-13-6-3-2-4-7-13/h2-12,18H,1H3. The molecule has 1 aromatic heterocycles. The predicted octanol–water partition coefficient (Wildman–Crippen LogP) is 4.35. The van der Waals surface area contributed by atoms with Gasteiger partial charge in [0.25, 0.3) is 0 Å². The Morgan fingerprint density at radius 2 is 1.79 bits per heavy atom. The van der Waals surface area contributed by atoms with E-state index in [1.54, 1.807) is 7.11 Å². The molecular weight excluding hydrogens is 234 g/mol. The molecule has 3 rings (SSSR count). The first-order valence-corrected chi connectivity index (χ1v) is 6.26. The number of methoxy groups -OCH3 is 1. The minimum Gasteiger partial charge on any atom is -0.496 e. The second kappa shape index (κ2) is 5.02. The van der Waals surface area contributed by atoms with Crippen LogP contribution < -0.4 is 4.74 Å². The van der Waals surface area contributed by atoms with Gasteiger partial charge in [0.15, 0.2) is 0 Å². The van der Waals surface area contributed by atoms with Gasteiger partial charge in [0.1, 0.15) is 5.75 Å². The molecule has 1 N–H and O–H groups in total. The lowest BCUT2D eigenvalue weighted by molar-refractivity contribution is 0.420. The molecular formula is C17H15NO. The lowest BCUT2D eigenvalue weighted by atomic mass is 10.2. The van der Waals surface area contributed by atoms with Crippen molar-refractivity contribution < 1.29 is 4.74 Å². The Morgan fingerprint density at radius 1 is 0.947 bits per heavy atom. The van der Waals surface area contributed by atoms with Crippen LogP contribution in [0.2, 0.25) is 0 Å². The Kier molecular flexibility index (Phi) is 3.07. The largest absolute Gasteiger partial charge is 0.496 e. The van der Waals surface area contributed by atoms with Gasteiger partial charge in [-0.15, -0.1) is 0 Å². The van der Waals surface area contributed by atoms with Crippen LogP contribution in [0, 0.1) is 0 Å². The van der Waals surface area contributed by atoms with Crippen molar-refractivity contribution in [3.63, 3.8) is 0 Å². The number of H-pyrrole nitrogens is 1. The Balaban J connectivity index is 1.96. The quantitative estimate of drug-likeness (QED) is 0.733. The average Bonchev–Trinajstić information content (AvgIpc) is 2.89. The smallest absolute Gasteiger partial charge is 0.128 e. The number of nitrogens with one attached hydrogen (secondary N) is 1. The lowest BCUT2D eigenvalue weighted by Gasteiger charge is -1.99. The van der Waals surface area contributed by atoms with Crippen LogP contribution in [0.3, 0.4) is 0 Å². The van der Waals surface area contributed by atoms with Gasteiger partial charge in [0, 0.05) is 16.6 Å². The summed E-state index contributed by atoms with van der Waals surface area (Å²) in [6.07, 6.45) is 4.17. The number of aromatic nitrogens is 1. The number of fused-ring (bicyclic) bond motifs is 1. The highest BCUT2D eigenvalue weighted by Gasteiger charge is 2.03. The molecule has 0 radical (unpaired) electrons. The number of rotatable bonds is 3. The summed E-state index contributed by atoms with van der Waals surface area (Å²) in [4.78, 5) is 3.37. The SMILES string of the molecule is COc1cccc2[nH]c(C=Cc3ccccc3)cc12. The van der Waals surface area contributed by atoms with E-state index in [0.717, 1.165) is 22.3 Å². The maximum Gasteiger partial charge on any atom is 0.128 e. The predicted molar refractivity (Wildman–Crippen MR) is 80.2 cm³/mol. The van der Waals surface area contributed by atoms with Crippen molar-refractivity contribution in [3.05, 3.63) is 65.9 Å². The van der Waals surface area contributed by atoms with Crippen LogP contribution in [0.5, 0.6) is 5.75 Å². The van der Waals surface area contributed by atoms with Crippen LogP contribution in [0.4, 0.5) is 0 Å². The molecule has 3 aromatic rings. The molecule has 2 aromatic carbocycles. The Hall–Kier alpha value is -2.48. The van der Waals surface area contributed by atoms with E-state index in [2.05, 4.69) is 41.4 Å². The molecule has 0 aliphatic rings. The summed E-state index contributed by atoms with van der Waals surface area (Å²) >= 11 is 0. The van der Waals surface area contributed by atoms with Crippen molar-refractivity contribution in [3.8, 4) is 5.75 Å². The van der Waals surface area contributed by atoms with Crippen molar-refractivity contribution in [1.82, 2.24) is 4.98 Å². The molecule has 0 fully saturated rings. The molecule has 0 spiro atoms. The van der Waals surface area contributed by atoms with E-state index in [9.17, 15) is 0 Å². The fraction of sp³-hybridized carbons (Fsp3) is 0.0588. The number of aromatic amines is 1. The van der Waals surface area contributed by atoms with E-state index < -0.39 is 0 Å². The summed E-state index contributed by atoms with van der Waals surface area (Å²) in [5.74, 6) is 0.896. The van der Waals surface area contributed by atoms with E-state index in [-0.39, 0.29) is 0 Å². The van der Waals surface area contributed by atoms with E-state index in [1.165, 1.54) is 5.56 Å². The fourth-order valence-corrected chi connectivity index (χ4v) is 2.17. The molecule has 0 unspecified atom stereocenters. The van der Waals surface area contributed by atoms with Crippen LogP contribution in [0.25, 0.3) is 23.1 Å². The molecule has 0 aliphatic heterocycles. The molecule has 0 aliphatic carbocycles. The van der Waals surface area contributed by atoms with E-state index in [0.29, 0.717) is 0 Å². The molecule has 0 atom stereocenters. The van der Waals surface area contributed by atoms with Gasteiger partial charge in [0.2, 0.25) is 0 Å². The lowest BCUT2D eigenvalue weighted by Crippen LogP contribution is -1.81. The van der Waals surface area contributed by atoms with Gasteiger partial charge in [-0.3, -0.25) is 0 Å². The molecule has 0 amide bonds. The van der Waals surface area contributed by atoms with Crippen molar-refractivity contribution in [2.75, 3.05) is 7.11 Å². The normalized spacial score (nSPS) is 11.2. The Labute approximate surface area is 112 Å². The molecule has 1 heterocycles. The summed E-state index contributed by atoms with van der Waals surface area (Å²) in [6.45, 7) is 0. The van der Waals surface area contributed by atoms with Gasteiger partial charge >= 0.3 is 0 Å². The summed E-state index contributed by atoms with van der Waals surface area (Å²) in [5.41, 5.74) is 3.35. The van der Waals surface area contributed by atoms with Crippen molar-refractivity contribution >= 4 is 23.1 Å². The maximum atomic E-state index is 5.36. The van der Waals surface area contributed by atoms with Crippen molar-refractivity contribution in [2.45, 2.75) is 0 Å². The summed E-state index contributed by atoms with van der Waals surface area (Å²) in [5, 5.41) is 1.11. The Morgan fingerprint density at radius 3 is 2.58 bits per heavy atom. The van der Waals surface area contributed by atoms with Crippen LogP contribution in [-0.4, -0.2) is 12.1 Å². The van der Waals surface area contributed by atoms with Gasteiger partial charge < -0.3 is 9.72 Å². The number of benzene rings is 2. The van der Waals surface area contributed by atoms with Gasteiger partial charge in [0.05, 0.1) is 7.11 Å². The zero-order chi connectivity index (χ0) is 13.1. The third-order valence-corrected chi connectivity index (χ3v) is 3.12. The van der Waals surface area contributed by atoms with Gasteiger partial charge in [-0.25, -0.2) is 0 Å². The maximum absolute atomic E-state index is 5.36. The topological polar surface area (TPSA) is 25.0 Å². The first-order valence-electron chi connectivity index (χ1n) is 6.26. The molecule has 2 heteroatoms. The van der Waals surface area contributed by atoms with Gasteiger partial charge in [-0.1, -0.05) is 42.5 Å². The molecule has 2 nitrogen and oxygen atoms in total. The number of hydrogen-bond acceptors (Lipinski definition) is 1. The highest BCUT2D eigenvalue weighted by Crippen LogP contribution is 2.26. The first-order chi connectivity index (χ1) is 9.36. The van der Waals surface area contributed by atoms with E-state index in [1.807, 2.05) is 30.3 Å². The minimum atomic E-state index is 0.896. The van der Waals surface area contributed by atoms with Crippen molar-refractivity contribution in [2.24, 2.45) is 0 Å². The summed E-state index contributed by atoms with van der Waals surface area (Å²) < 4.78 is 5.36. The van der Waals surface area contributed by atoms with Crippen LogP contribution in [0.15, 0.2) is 54.6 Å². The first kappa shape index (κ1) is 11.6. The molecule has 94 valence electrons. The van der Waals surface area contributed by atoms with E-state index in [4.69, 9.17) is 4.74 Å². The summed E-state index contributed by atoms with van der Waals surface area (Å²) in [6, 6.07) is 18.4. The fourth-order valence-electron chi connectivity index (χ4n) is 2.17. The van der Waals surface area contributed by atoms with Crippen LogP contribution in [0.1, 0.15) is 11.3 Å². The van der Waals surface area contributed by atoms with Gasteiger partial charge in [-0.2, -0.15) is 0 Å². The molecule has 0 bridgehead atoms. The third-order valence-electron chi connectivity index (χ3n) is 3.12. The number of hydrogen-bond donors (Lipinski definition) is 1. The zero-order valence-electron chi connectivity index (χ0n) is 10.8. The second-order valence-corrected chi connectivity index (χ2v) is 4.39. The molecule has 0 saturated carbocycles. The number of ether oxygens (including phenoxy) is 1. The monoisotopic (exact) mass is 249 g/mol. The molecule has 0 saturated heterocycles.